The molecule has 0 radical (unpaired) electrons. The van der Waals surface area contributed by atoms with Gasteiger partial charge in [-0.05, 0) is 31.9 Å². The van der Waals surface area contributed by atoms with Gasteiger partial charge in [0.2, 0.25) is 0 Å². The maximum atomic E-state index is 11.0. The van der Waals surface area contributed by atoms with Gasteiger partial charge >= 0.3 is 0 Å². The summed E-state index contributed by atoms with van der Waals surface area (Å²) in [6, 6.07) is 6.64. The Bertz CT molecular complexity index is 455. The molecule has 3 heteroatoms. The highest BCUT2D eigenvalue weighted by atomic mass is 32.2. The van der Waals surface area contributed by atoms with Crippen molar-refractivity contribution in [2.75, 3.05) is 11.5 Å². The molecular weight excluding hydrogens is 218 g/mol. The fourth-order valence-corrected chi connectivity index (χ4v) is 2.85. The van der Waals surface area contributed by atoms with Crippen molar-refractivity contribution < 1.29 is 4.21 Å². The van der Waals surface area contributed by atoms with E-state index in [-0.39, 0.29) is 6.04 Å². The van der Waals surface area contributed by atoms with Crippen LogP contribution in [-0.2, 0) is 10.8 Å². The molecule has 0 bridgehead atoms. The smallest absolute Gasteiger partial charge is 0.0723 e. The first-order valence-electron chi connectivity index (χ1n) is 5.54. The predicted molar refractivity (Wildman–Crippen MR) is 69.6 cm³/mol. The van der Waals surface area contributed by atoms with Crippen molar-refractivity contribution in [3.63, 3.8) is 0 Å². The molecule has 0 aliphatic carbocycles. The Kier molecular flexibility index (Phi) is 3.24. The van der Waals surface area contributed by atoms with Crippen LogP contribution in [0.2, 0.25) is 0 Å². The second-order valence-corrected chi connectivity index (χ2v) is 5.92. The van der Waals surface area contributed by atoms with Crippen LogP contribution in [0.1, 0.15) is 29.7 Å². The van der Waals surface area contributed by atoms with Crippen molar-refractivity contribution in [1.82, 2.24) is 0 Å². The van der Waals surface area contributed by atoms with Gasteiger partial charge in [0.25, 0.3) is 0 Å². The van der Waals surface area contributed by atoms with Crippen LogP contribution >= 0.6 is 0 Å². The van der Waals surface area contributed by atoms with Crippen molar-refractivity contribution in [3.8, 4) is 0 Å². The summed E-state index contributed by atoms with van der Waals surface area (Å²) in [6.45, 7) is 6.33. The number of nitrogens with zero attached hydrogens (tertiary/aromatic N) is 1. The molecular formula is C13H17NOS. The summed E-state index contributed by atoms with van der Waals surface area (Å²) in [7, 11) is -0.635. The van der Waals surface area contributed by atoms with Crippen LogP contribution in [0.15, 0.2) is 23.2 Å². The summed E-state index contributed by atoms with van der Waals surface area (Å²) < 4.78 is 11.0. The van der Waals surface area contributed by atoms with E-state index in [0.29, 0.717) is 11.5 Å². The van der Waals surface area contributed by atoms with Gasteiger partial charge < -0.3 is 0 Å². The first-order valence-corrected chi connectivity index (χ1v) is 7.03. The predicted octanol–water partition coefficient (Wildman–Crippen LogP) is 2.57. The maximum Gasteiger partial charge on any atom is 0.0723 e. The molecule has 1 fully saturated rings. The summed E-state index contributed by atoms with van der Waals surface area (Å²) in [6.07, 6.45) is 0. The minimum Gasteiger partial charge on any atom is -0.284 e. The number of aryl methyl sites for hydroxylation is 2. The van der Waals surface area contributed by atoms with E-state index >= 15 is 0 Å². The molecule has 2 nitrogen and oxygen atoms in total. The molecule has 2 rings (SSSR count). The number of rotatable bonds is 2. The zero-order chi connectivity index (χ0) is 11.7. The van der Waals surface area contributed by atoms with Gasteiger partial charge in [0.05, 0.1) is 17.5 Å². The monoisotopic (exact) mass is 235 g/mol. The molecule has 0 spiro atoms. The van der Waals surface area contributed by atoms with Crippen molar-refractivity contribution in [2.45, 2.75) is 26.8 Å². The third kappa shape index (κ3) is 2.40. The van der Waals surface area contributed by atoms with Gasteiger partial charge in [0.15, 0.2) is 0 Å². The van der Waals surface area contributed by atoms with Gasteiger partial charge in [-0.3, -0.25) is 9.20 Å². The highest BCUT2D eigenvalue weighted by Crippen LogP contribution is 2.23. The van der Waals surface area contributed by atoms with Gasteiger partial charge in [0.1, 0.15) is 0 Å². The van der Waals surface area contributed by atoms with Crippen LogP contribution in [0, 0.1) is 13.8 Å². The Morgan fingerprint density at radius 3 is 2.56 bits per heavy atom. The summed E-state index contributed by atoms with van der Waals surface area (Å²) in [5.74, 6) is 1.35. The molecule has 1 heterocycles. The molecule has 1 saturated heterocycles. The summed E-state index contributed by atoms with van der Waals surface area (Å²) in [5.41, 5.74) is 4.95. The first kappa shape index (κ1) is 11.5. The second kappa shape index (κ2) is 4.50. The zero-order valence-corrected chi connectivity index (χ0v) is 10.8. The molecule has 1 atom stereocenters. The minimum absolute atomic E-state index is 0.188. The second-order valence-electron chi connectivity index (χ2n) is 4.46. The number of benzene rings is 1. The van der Waals surface area contributed by atoms with Gasteiger partial charge in [-0.15, -0.1) is 0 Å². The number of aliphatic imine (C=N–C) groups is 1. The van der Waals surface area contributed by atoms with Gasteiger partial charge in [0, 0.05) is 16.5 Å². The molecule has 16 heavy (non-hydrogen) atoms. The molecule has 0 amide bonds. The molecule has 0 aromatic heterocycles. The topological polar surface area (TPSA) is 29.4 Å². The fraction of sp³-hybridized carbons (Fsp3) is 0.462. The van der Waals surface area contributed by atoms with Gasteiger partial charge in [-0.2, -0.15) is 0 Å². The Morgan fingerprint density at radius 2 is 2.00 bits per heavy atom. The quantitative estimate of drug-likeness (QED) is 0.774. The van der Waals surface area contributed by atoms with Crippen molar-refractivity contribution in [3.05, 3.63) is 34.9 Å². The Morgan fingerprint density at radius 1 is 1.31 bits per heavy atom. The average Bonchev–Trinajstić information content (AvgIpc) is 2.15. The van der Waals surface area contributed by atoms with Crippen LogP contribution in [0.25, 0.3) is 0 Å². The molecule has 1 aliphatic rings. The van der Waals surface area contributed by atoms with Crippen LogP contribution in [0.5, 0.6) is 0 Å². The van der Waals surface area contributed by atoms with Crippen LogP contribution in [0.4, 0.5) is 0 Å². The van der Waals surface area contributed by atoms with E-state index in [1.54, 1.807) is 0 Å². The van der Waals surface area contributed by atoms with E-state index in [1.165, 1.54) is 16.7 Å². The Hall–Kier alpha value is -0.960. The van der Waals surface area contributed by atoms with Crippen LogP contribution < -0.4 is 0 Å². The van der Waals surface area contributed by atoms with Crippen LogP contribution in [-0.4, -0.2) is 21.4 Å². The zero-order valence-electron chi connectivity index (χ0n) is 9.99. The van der Waals surface area contributed by atoms with E-state index in [4.69, 9.17) is 0 Å². The van der Waals surface area contributed by atoms with Crippen molar-refractivity contribution in [2.24, 2.45) is 4.99 Å². The third-order valence-electron chi connectivity index (χ3n) is 2.91. The minimum atomic E-state index is -0.635. The van der Waals surface area contributed by atoms with E-state index < -0.39 is 10.8 Å². The molecule has 1 aliphatic heterocycles. The molecule has 1 aromatic rings. The highest BCUT2D eigenvalue weighted by molar-refractivity contribution is 7.89. The van der Waals surface area contributed by atoms with Gasteiger partial charge in [-0.25, -0.2) is 0 Å². The SMILES string of the molecule is Cc1ccc(C(C)N=C2CS(=O)C2)c(C)c1. The normalized spacial score (nSPS) is 21.4. The van der Waals surface area contributed by atoms with E-state index in [9.17, 15) is 4.21 Å². The molecule has 86 valence electrons. The van der Waals surface area contributed by atoms with Crippen LogP contribution in [0.3, 0.4) is 0 Å². The maximum absolute atomic E-state index is 11.0. The molecule has 0 saturated carbocycles. The summed E-state index contributed by atoms with van der Waals surface area (Å²) >= 11 is 0. The molecule has 0 N–H and O–H groups in total. The lowest BCUT2D eigenvalue weighted by Crippen LogP contribution is -2.31. The molecule has 1 unspecified atom stereocenters. The first-order chi connectivity index (χ1) is 7.56. The van der Waals surface area contributed by atoms with Crippen molar-refractivity contribution >= 4 is 16.5 Å². The summed E-state index contributed by atoms with van der Waals surface area (Å²) in [4.78, 5) is 4.62. The van der Waals surface area contributed by atoms with E-state index in [0.717, 1.165) is 5.71 Å². The lowest BCUT2D eigenvalue weighted by molar-refractivity contribution is 0.684. The Balaban J connectivity index is 2.18. The average molecular weight is 235 g/mol. The lowest BCUT2D eigenvalue weighted by Gasteiger charge is -2.18. The Labute approximate surface area is 99.2 Å². The highest BCUT2D eigenvalue weighted by Gasteiger charge is 2.20. The number of hydrogen-bond acceptors (Lipinski definition) is 2. The van der Waals surface area contributed by atoms with E-state index in [2.05, 4.69) is 44.0 Å². The summed E-state index contributed by atoms with van der Waals surface area (Å²) in [5, 5.41) is 0. The van der Waals surface area contributed by atoms with Crippen molar-refractivity contribution in [1.29, 1.82) is 0 Å². The standard InChI is InChI=1S/C13H17NOS/c1-9-4-5-13(10(2)6-9)11(3)14-12-7-16(15)8-12/h4-6,11H,7-8H2,1-3H3. The van der Waals surface area contributed by atoms with E-state index in [1.807, 2.05) is 0 Å². The third-order valence-corrected chi connectivity index (χ3v) is 4.22. The van der Waals surface area contributed by atoms with Gasteiger partial charge in [-0.1, -0.05) is 23.8 Å². The molecule has 1 aromatic carbocycles. The largest absolute Gasteiger partial charge is 0.284 e. The lowest BCUT2D eigenvalue weighted by atomic mass is 10.0. The number of hydrogen-bond donors (Lipinski definition) is 0. The fourth-order valence-electron chi connectivity index (χ4n) is 2.04.